The van der Waals surface area contributed by atoms with Gasteiger partial charge < -0.3 is 19.7 Å². The molecule has 184 valence electrons. The summed E-state index contributed by atoms with van der Waals surface area (Å²) in [6.07, 6.45) is -3.02. The second kappa shape index (κ2) is 10.7. The maximum absolute atomic E-state index is 13.4. The minimum absolute atomic E-state index is 0.0110. The van der Waals surface area contributed by atoms with Gasteiger partial charge in [-0.1, -0.05) is 36.8 Å². The van der Waals surface area contributed by atoms with Gasteiger partial charge in [-0.05, 0) is 60.4 Å². The molecule has 2 aromatic rings. The number of aliphatic hydroxyl groups excluding tert-OH is 1. The third-order valence-electron chi connectivity index (χ3n) is 5.02. The van der Waals surface area contributed by atoms with Crippen LogP contribution in [0.15, 0.2) is 76.1 Å². The van der Waals surface area contributed by atoms with Gasteiger partial charge in [0.25, 0.3) is 0 Å². The zero-order chi connectivity index (χ0) is 24.9. The van der Waals surface area contributed by atoms with Gasteiger partial charge in [0.1, 0.15) is 5.75 Å². The Morgan fingerprint density at radius 1 is 1.09 bits per heavy atom. The highest BCUT2D eigenvalue weighted by Crippen LogP contribution is 2.32. The van der Waals surface area contributed by atoms with Crippen molar-refractivity contribution in [2.24, 2.45) is 0 Å². The van der Waals surface area contributed by atoms with Crippen LogP contribution in [0.1, 0.15) is 26.2 Å². The Morgan fingerprint density at radius 3 is 2.41 bits per heavy atom. The topological polar surface area (TPSA) is 93.1 Å². The first kappa shape index (κ1) is 26.0. The molecule has 0 aliphatic heterocycles. The quantitative estimate of drug-likeness (QED) is 0.486. The first-order valence-corrected chi connectivity index (χ1v) is 12.1. The summed E-state index contributed by atoms with van der Waals surface area (Å²) in [5, 5.41) is 18.7. The zero-order valence-electron chi connectivity index (χ0n) is 18.3. The fourth-order valence-corrected chi connectivity index (χ4v) is 5.02. The van der Waals surface area contributed by atoms with Gasteiger partial charge >= 0.3 is 6.36 Å². The van der Waals surface area contributed by atoms with Crippen molar-refractivity contribution in [1.82, 2.24) is 0 Å². The summed E-state index contributed by atoms with van der Waals surface area (Å²) in [6.45, 7) is 2.35. The molecule has 0 saturated carbocycles. The van der Waals surface area contributed by atoms with Crippen LogP contribution in [-0.2, 0) is 14.6 Å². The van der Waals surface area contributed by atoms with E-state index < -0.39 is 28.6 Å². The van der Waals surface area contributed by atoms with Gasteiger partial charge in [-0.2, -0.15) is 0 Å². The van der Waals surface area contributed by atoms with Gasteiger partial charge in [0.15, 0.2) is 6.29 Å². The summed E-state index contributed by atoms with van der Waals surface area (Å²) in [6, 6.07) is 11.1. The van der Waals surface area contributed by atoms with Gasteiger partial charge in [0.05, 0.1) is 15.9 Å². The number of ether oxygens (including phenoxy) is 2. The molecule has 0 bridgehead atoms. The summed E-state index contributed by atoms with van der Waals surface area (Å²) in [5.74, 6) is -0.380. The van der Waals surface area contributed by atoms with Crippen LogP contribution in [0.3, 0.4) is 0 Å². The van der Waals surface area contributed by atoms with E-state index in [0.29, 0.717) is 29.7 Å². The van der Waals surface area contributed by atoms with Crippen molar-refractivity contribution in [3.05, 3.63) is 71.2 Å². The van der Waals surface area contributed by atoms with Gasteiger partial charge in [0, 0.05) is 13.0 Å². The minimum atomic E-state index is -4.81. The summed E-state index contributed by atoms with van der Waals surface area (Å²) in [4.78, 5) is -0.0234. The Hall–Kier alpha value is -2.66. The predicted octanol–water partition coefficient (Wildman–Crippen LogP) is 4.74. The maximum Gasteiger partial charge on any atom is 0.573 e. The Kier molecular flexibility index (Phi) is 8.19. The van der Waals surface area contributed by atoms with Crippen LogP contribution < -0.4 is 4.74 Å². The Morgan fingerprint density at radius 2 is 1.79 bits per heavy atom. The van der Waals surface area contributed by atoms with E-state index in [4.69, 9.17) is 4.74 Å². The molecule has 1 unspecified atom stereocenters. The molecule has 2 N–H and O–H groups in total. The lowest BCUT2D eigenvalue weighted by Gasteiger charge is -2.23. The zero-order valence-corrected chi connectivity index (χ0v) is 19.1. The Balaban J connectivity index is 1.92. The average Bonchev–Trinajstić information content (AvgIpc) is 2.76. The van der Waals surface area contributed by atoms with E-state index >= 15 is 0 Å². The van der Waals surface area contributed by atoms with Gasteiger partial charge in [-0.3, -0.25) is 0 Å². The molecule has 10 heteroatoms. The predicted molar refractivity (Wildman–Crippen MR) is 119 cm³/mol. The number of aliphatic hydroxyl groups is 2. The lowest BCUT2D eigenvalue weighted by atomic mass is 9.99. The SMILES string of the molecule is CCCOC1C=C(S(=O)(=O)c2cccc(-c3ccc(OC(F)(F)F)cc3)c2)C=C(CC(O)O)C1. The van der Waals surface area contributed by atoms with Crippen molar-refractivity contribution in [2.75, 3.05) is 6.61 Å². The molecule has 1 aliphatic carbocycles. The van der Waals surface area contributed by atoms with E-state index in [1.54, 1.807) is 12.1 Å². The molecule has 0 radical (unpaired) electrons. The standard InChI is InChI=1S/C24H25F3O6S/c1-2-10-32-20-11-16(13-23(28)29)12-22(15-20)34(30,31)21-5-3-4-18(14-21)17-6-8-19(9-7-17)33-24(25,26)27/h3-9,12,14-15,20,23,28-29H,2,10-11,13H2,1H3. The third-order valence-corrected chi connectivity index (χ3v) is 6.77. The molecule has 34 heavy (non-hydrogen) atoms. The van der Waals surface area contributed by atoms with Crippen LogP contribution in [-0.4, -0.2) is 44.0 Å². The molecule has 0 heterocycles. The van der Waals surface area contributed by atoms with Crippen molar-refractivity contribution >= 4 is 9.84 Å². The van der Waals surface area contributed by atoms with Crippen molar-refractivity contribution < 1.29 is 41.3 Å². The lowest BCUT2D eigenvalue weighted by molar-refractivity contribution is -0.274. The highest BCUT2D eigenvalue weighted by molar-refractivity contribution is 7.95. The molecule has 3 rings (SSSR count). The highest BCUT2D eigenvalue weighted by Gasteiger charge is 2.31. The van der Waals surface area contributed by atoms with Gasteiger partial charge in [0.2, 0.25) is 9.84 Å². The number of rotatable bonds is 9. The molecule has 0 fully saturated rings. The van der Waals surface area contributed by atoms with Crippen molar-refractivity contribution in [3.63, 3.8) is 0 Å². The number of sulfone groups is 1. The molecule has 1 aliphatic rings. The summed E-state index contributed by atoms with van der Waals surface area (Å²) in [7, 11) is -3.98. The van der Waals surface area contributed by atoms with E-state index in [1.165, 1.54) is 36.4 Å². The van der Waals surface area contributed by atoms with E-state index in [0.717, 1.165) is 18.6 Å². The highest BCUT2D eigenvalue weighted by atomic mass is 32.2. The number of hydrogen-bond donors (Lipinski definition) is 2. The number of alkyl halides is 3. The molecule has 1 atom stereocenters. The fourth-order valence-electron chi connectivity index (χ4n) is 3.56. The minimum Gasteiger partial charge on any atom is -0.406 e. The molecule has 0 spiro atoms. The third kappa shape index (κ3) is 6.92. The second-order valence-corrected chi connectivity index (χ2v) is 9.72. The largest absolute Gasteiger partial charge is 0.573 e. The maximum atomic E-state index is 13.4. The van der Waals surface area contributed by atoms with E-state index in [9.17, 15) is 31.8 Å². The average molecular weight is 499 g/mol. The van der Waals surface area contributed by atoms with E-state index in [-0.39, 0.29) is 22.0 Å². The molecular weight excluding hydrogens is 473 g/mol. The normalized spacial score (nSPS) is 16.9. The van der Waals surface area contributed by atoms with E-state index in [2.05, 4.69) is 4.74 Å². The van der Waals surface area contributed by atoms with Crippen molar-refractivity contribution in [3.8, 4) is 16.9 Å². The molecule has 0 saturated heterocycles. The summed E-state index contributed by atoms with van der Waals surface area (Å²) >= 11 is 0. The number of allylic oxidation sites excluding steroid dienone is 1. The molecule has 2 aromatic carbocycles. The number of hydrogen-bond acceptors (Lipinski definition) is 6. The van der Waals surface area contributed by atoms with Crippen LogP contribution >= 0.6 is 0 Å². The first-order chi connectivity index (χ1) is 16.0. The van der Waals surface area contributed by atoms with Crippen LogP contribution in [0.5, 0.6) is 5.75 Å². The first-order valence-electron chi connectivity index (χ1n) is 10.6. The molecule has 0 aromatic heterocycles. The van der Waals surface area contributed by atoms with Crippen molar-refractivity contribution in [2.45, 2.75) is 49.8 Å². The smallest absolute Gasteiger partial charge is 0.406 e. The number of halogens is 3. The summed E-state index contributed by atoms with van der Waals surface area (Å²) in [5.41, 5.74) is 1.53. The second-order valence-electron chi connectivity index (χ2n) is 7.77. The van der Waals surface area contributed by atoms with Crippen molar-refractivity contribution in [1.29, 1.82) is 0 Å². The van der Waals surface area contributed by atoms with Gasteiger partial charge in [-0.15, -0.1) is 13.2 Å². The molecule has 0 amide bonds. The van der Waals surface area contributed by atoms with Crippen LogP contribution in [0.2, 0.25) is 0 Å². The lowest BCUT2D eigenvalue weighted by Crippen LogP contribution is -2.20. The van der Waals surface area contributed by atoms with E-state index in [1.807, 2.05) is 6.92 Å². The van der Waals surface area contributed by atoms with Crippen LogP contribution in [0.4, 0.5) is 13.2 Å². The van der Waals surface area contributed by atoms with Crippen LogP contribution in [0.25, 0.3) is 11.1 Å². The van der Waals surface area contributed by atoms with Crippen LogP contribution in [0, 0.1) is 0 Å². The Bertz CT molecular complexity index is 1150. The molecular formula is C24H25F3O6S. The monoisotopic (exact) mass is 498 g/mol. The molecule has 6 nitrogen and oxygen atoms in total. The van der Waals surface area contributed by atoms with Gasteiger partial charge in [-0.25, -0.2) is 8.42 Å². The number of benzene rings is 2. The fraction of sp³-hybridized carbons (Fsp3) is 0.333. The Labute approximate surface area is 195 Å². The summed E-state index contributed by atoms with van der Waals surface area (Å²) < 4.78 is 73.5.